The Morgan fingerprint density at radius 2 is 2.04 bits per heavy atom. The number of fused-ring (bicyclic) bond motifs is 3. The SMILES string of the molecule is C=CCn1c(N2CCN(C(=S)NC)CC2)nc2sc3c(c2c1=O)CCCC3. The number of hydrogen-bond acceptors (Lipinski definition) is 5. The summed E-state index contributed by atoms with van der Waals surface area (Å²) in [7, 11) is 1.85. The molecule has 1 aliphatic heterocycles. The lowest BCUT2D eigenvalue weighted by molar-refractivity contribution is 0.378. The fraction of sp³-hybridized carbons (Fsp3) is 0.526. The number of anilines is 1. The second kappa shape index (κ2) is 7.59. The van der Waals surface area contributed by atoms with Gasteiger partial charge in [-0.25, -0.2) is 4.98 Å². The molecule has 0 bridgehead atoms. The standard InChI is InChI=1S/C19H25N5OS2/c1-3-8-24-17(25)15-13-6-4-5-7-14(13)27-16(15)21-18(24)22-9-11-23(12-10-22)19(26)20-2/h3H,1,4-12H2,2H3,(H,20,26). The first-order chi connectivity index (χ1) is 13.1. The van der Waals surface area contributed by atoms with Gasteiger partial charge in [0.05, 0.1) is 5.39 Å². The van der Waals surface area contributed by atoms with Crippen molar-refractivity contribution >= 4 is 44.8 Å². The van der Waals surface area contributed by atoms with Gasteiger partial charge in [0.25, 0.3) is 5.56 Å². The van der Waals surface area contributed by atoms with E-state index in [1.807, 2.05) is 7.05 Å². The van der Waals surface area contributed by atoms with Crippen molar-refractivity contribution in [3.63, 3.8) is 0 Å². The van der Waals surface area contributed by atoms with Crippen LogP contribution < -0.4 is 15.8 Å². The van der Waals surface area contributed by atoms with Gasteiger partial charge >= 0.3 is 0 Å². The van der Waals surface area contributed by atoms with Gasteiger partial charge in [-0.3, -0.25) is 9.36 Å². The molecule has 0 spiro atoms. The molecule has 2 aliphatic rings. The maximum atomic E-state index is 13.3. The summed E-state index contributed by atoms with van der Waals surface area (Å²) < 4.78 is 1.79. The van der Waals surface area contributed by atoms with Gasteiger partial charge in [-0.1, -0.05) is 6.08 Å². The Hall–Kier alpha value is -1.93. The van der Waals surface area contributed by atoms with E-state index in [1.165, 1.54) is 16.9 Å². The molecular formula is C19H25N5OS2. The maximum absolute atomic E-state index is 13.3. The van der Waals surface area contributed by atoms with E-state index in [0.29, 0.717) is 6.54 Å². The minimum atomic E-state index is 0.0856. The van der Waals surface area contributed by atoms with Crippen LogP contribution >= 0.6 is 23.6 Å². The number of aromatic nitrogens is 2. The van der Waals surface area contributed by atoms with Gasteiger partial charge in [-0.2, -0.15) is 0 Å². The molecule has 2 aromatic heterocycles. The first-order valence-corrected chi connectivity index (χ1v) is 10.7. The molecule has 1 fully saturated rings. The van der Waals surface area contributed by atoms with Gasteiger partial charge in [0.2, 0.25) is 5.95 Å². The van der Waals surface area contributed by atoms with E-state index in [0.717, 1.165) is 66.7 Å². The number of aryl methyl sites for hydroxylation is 2. The van der Waals surface area contributed by atoms with Crippen LogP contribution in [0.1, 0.15) is 23.3 Å². The van der Waals surface area contributed by atoms with Gasteiger partial charge < -0.3 is 15.1 Å². The molecule has 0 unspecified atom stereocenters. The van der Waals surface area contributed by atoms with Crippen LogP contribution in [-0.2, 0) is 19.4 Å². The third-order valence-corrected chi connectivity index (χ3v) is 7.08. The summed E-state index contributed by atoms with van der Waals surface area (Å²) in [6.45, 7) is 7.56. The number of piperazine rings is 1. The first kappa shape index (κ1) is 18.4. The number of hydrogen-bond donors (Lipinski definition) is 1. The summed E-state index contributed by atoms with van der Waals surface area (Å²) in [6, 6.07) is 0. The lowest BCUT2D eigenvalue weighted by atomic mass is 9.97. The van der Waals surface area contributed by atoms with Crippen molar-refractivity contribution in [1.82, 2.24) is 19.8 Å². The second-order valence-electron chi connectivity index (χ2n) is 7.04. The van der Waals surface area contributed by atoms with E-state index in [9.17, 15) is 4.79 Å². The molecule has 2 aromatic rings. The van der Waals surface area contributed by atoms with Crippen molar-refractivity contribution < 1.29 is 0 Å². The topological polar surface area (TPSA) is 53.4 Å². The van der Waals surface area contributed by atoms with Crippen molar-refractivity contribution in [2.75, 3.05) is 38.1 Å². The average Bonchev–Trinajstić information content (AvgIpc) is 3.08. The smallest absolute Gasteiger partial charge is 0.264 e. The van der Waals surface area contributed by atoms with Gasteiger partial charge in [0, 0.05) is 44.6 Å². The Balaban J connectivity index is 1.74. The summed E-state index contributed by atoms with van der Waals surface area (Å²) in [5.74, 6) is 0.765. The Morgan fingerprint density at radius 3 is 2.74 bits per heavy atom. The van der Waals surface area contributed by atoms with Crippen molar-refractivity contribution in [3.05, 3.63) is 33.4 Å². The molecule has 0 saturated carbocycles. The van der Waals surface area contributed by atoms with E-state index in [1.54, 1.807) is 22.0 Å². The summed E-state index contributed by atoms with van der Waals surface area (Å²) in [4.78, 5) is 24.9. The van der Waals surface area contributed by atoms with Crippen molar-refractivity contribution in [1.29, 1.82) is 0 Å². The molecule has 144 valence electrons. The van der Waals surface area contributed by atoms with Crippen molar-refractivity contribution in [2.45, 2.75) is 32.2 Å². The van der Waals surface area contributed by atoms with Gasteiger partial charge in [0.1, 0.15) is 4.83 Å². The minimum absolute atomic E-state index is 0.0856. The number of thiophene rings is 1. The zero-order valence-corrected chi connectivity index (χ0v) is 17.3. The van der Waals surface area contributed by atoms with E-state index in [4.69, 9.17) is 17.2 Å². The third kappa shape index (κ3) is 3.25. The molecule has 8 heteroatoms. The number of rotatable bonds is 3. The first-order valence-electron chi connectivity index (χ1n) is 9.51. The fourth-order valence-corrected chi connectivity index (χ4v) is 5.46. The second-order valence-corrected chi connectivity index (χ2v) is 8.51. The average molecular weight is 404 g/mol. The molecule has 1 saturated heterocycles. The van der Waals surface area contributed by atoms with Crippen LogP contribution in [0.5, 0.6) is 0 Å². The summed E-state index contributed by atoms with van der Waals surface area (Å²) in [5.41, 5.74) is 1.33. The van der Waals surface area contributed by atoms with Crippen LogP contribution in [0.25, 0.3) is 10.2 Å². The van der Waals surface area contributed by atoms with E-state index in [2.05, 4.69) is 21.7 Å². The Labute approximate surface area is 168 Å². The number of thiocarbonyl (C=S) groups is 1. The van der Waals surface area contributed by atoms with Crippen LogP contribution in [0.15, 0.2) is 17.4 Å². The van der Waals surface area contributed by atoms with Crippen LogP contribution in [0.4, 0.5) is 5.95 Å². The number of nitrogens with one attached hydrogen (secondary N) is 1. The molecule has 27 heavy (non-hydrogen) atoms. The molecule has 1 aliphatic carbocycles. The highest BCUT2D eigenvalue weighted by atomic mass is 32.1. The summed E-state index contributed by atoms with van der Waals surface area (Å²) >= 11 is 7.06. The van der Waals surface area contributed by atoms with Crippen molar-refractivity contribution in [2.24, 2.45) is 0 Å². The largest absolute Gasteiger partial charge is 0.366 e. The van der Waals surface area contributed by atoms with Crippen LogP contribution in [0.3, 0.4) is 0 Å². The zero-order chi connectivity index (χ0) is 19.0. The summed E-state index contributed by atoms with van der Waals surface area (Å²) in [6.07, 6.45) is 6.23. The van der Waals surface area contributed by atoms with E-state index < -0.39 is 0 Å². The minimum Gasteiger partial charge on any atom is -0.366 e. The highest BCUT2D eigenvalue weighted by Gasteiger charge is 2.26. The molecule has 0 aromatic carbocycles. The van der Waals surface area contributed by atoms with E-state index in [-0.39, 0.29) is 5.56 Å². The van der Waals surface area contributed by atoms with Gasteiger partial charge in [-0.15, -0.1) is 17.9 Å². The van der Waals surface area contributed by atoms with Gasteiger partial charge in [0.15, 0.2) is 5.11 Å². The lowest BCUT2D eigenvalue weighted by Gasteiger charge is -2.37. The summed E-state index contributed by atoms with van der Waals surface area (Å²) in [5, 5.41) is 4.65. The predicted octanol–water partition coefficient (Wildman–Crippen LogP) is 2.15. The Bertz CT molecular complexity index is 940. The van der Waals surface area contributed by atoms with E-state index >= 15 is 0 Å². The van der Waals surface area contributed by atoms with Crippen molar-refractivity contribution in [3.8, 4) is 0 Å². The molecule has 6 nitrogen and oxygen atoms in total. The third-order valence-electron chi connectivity index (χ3n) is 5.43. The van der Waals surface area contributed by atoms with Crippen LogP contribution in [-0.4, -0.2) is 52.8 Å². The molecule has 3 heterocycles. The fourth-order valence-electron chi connectivity index (χ4n) is 4.03. The number of allylic oxidation sites excluding steroid dienone is 1. The maximum Gasteiger partial charge on any atom is 0.264 e. The normalized spacial score (nSPS) is 17.1. The highest BCUT2D eigenvalue weighted by Crippen LogP contribution is 2.34. The van der Waals surface area contributed by atoms with Crippen LogP contribution in [0.2, 0.25) is 0 Å². The monoisotopic (exact) mass is 403 g/mol. The molecular weight excluding hydrogens is 378 g/mol. The Kier molecular flexibility index (Phi) is 5.19. The quantitative estimate of drug-likeness (QED) is 0.626. The number of nitrogens with zero attached hydrogens (tertiary/aromatic N) is 4. The molecule has 1 N–H and O–H groups in total. The molecule has 0 atom stereocenters. The highest BCUT2D eigenvalue weighted by molar-refractivity contribution is 7.80. The zero-order valence-electron chi connectivity index (χ0n) is 15.7. The Morgan fingerprint density at radius 1 is 1.30 bits per heavy atom. The molecule has 4 rings (SSSR count). The van der Waals surface area contributed by atoms with Gasteiger partial charge in [-0.05, 0) is 43.5 Å². The lowest BCUT2D eigenvalue weighted by Crippen LogP contribution is -2.52. The van der Waals surface area contributed by atoms with Crippen LogP contribution in [0, 0.1) is 0 Å². The molecule has 0 amide bonds. The molecule has 0 radical (unpaired) electrons. The predicted molar refractivity (Wildman–Crippen MR) is 116 cm³/mol.